The normalized spacial score (nSPS) is 10.2. The number of hydrogen-bond donors (Lipinski definition) is 0. The number of halogens is 1. The van der Waals surface area contributed by atoms with Gasteiger partial charge in [-0.05, 0) is 28.0 Å². The van der Waals surface area contributed by atoms with Crippen LogP contribution in [0.3, 0.4) is 0 Å². The molecule has 0 amide bonds. The van der Waals surface area contributed by atoms with Crippen LogP contribution in [-0.2, 0) is 11.3 Å². The summed E-state index contributed by atoms with van der Waals surface area (Å²) in [7, 11) is 0. The van der Waals surface area contributed by atoms with Crippen molar-refractivity contribution in [3.63, 3.8) is 0 Å². The zero-order valence-corrected chi connectivity index (χ0v) is 7.09. The zero-order chi connectivity index (χ0) is 7.40. The molecule has 0 radical (unpaired) electrons. The molecule has 0 N–H and O–H groups in total. The van der Waals surface area contributed by atoms with Crippen LogP contribution >= 0.6 is 15.9 Å². The first-order valence-corrected chi connectivity index (χ1v) is 3.68. The molecule has 0 spiro atoms. The lowest BCUT2D eigenvalue weighted by molar-refractivity contribution is 0.109. The van der Waals surface area contributed by atoms with Gasteiger partial charge in [-0.15, -0.1) is 0 Å². The van der Waals surface area contributed by atoms with Gasteiger partial charge in [0.25, 0.3) is 5.89 Å². The van der Waals surface area contributed by atoms with Gasteiger partial charge in [-0.3, -0.25) is 0 Å². The van der Waals surface area contributed by atoms with E-state index in [2.05, 4.69) is 26.1 Å². The third-order valence-electron chi connectivity index (χ3n) is 0.873. The number of hydrogen-bond acceptors (Lipinski definition) is 4. The molecule has 0 saturated heterocycles. The van der Waals surface area contributed by atoms with Crippen LogP contribution in [0.25, 0.3) is 0 Å². The highest BCUT2D eigenvalue weighted by molar-refractivity contribution is 9.10. The lowest BCUT2D eigenvalue weighted by Crippen LogP contribution is -1.90. The van der Waals surface area contributed by atoms with Crippen molar-refractivity contribution in [1.82, 2.24) is 10.1 Å². The van der Waals surface area contributed by atoms with Crippen LogP contribution in [0.1, 0.15) is 12.8 Å². The molecule has 0 unspecified atom stereocenters. The third-order valence-corrected chi connectivity index (χ3v) is 1.20. The van der Waals surface area contributed by atoms with Crippen LogP contribution in [0.4, 0.5) is 0 Å². The Balaban J connectivity index is 2.42. The van der Waals surface area contributed by atoms with Crippen LogP contribution in [0, 0.1) is 0 Å². The highest BCUT2D eigenvalue weighted by Crippen LogP contribution is 2.04. The second kappa shape index (κ2) is 3.68. The van der Waals surface area contributed by atoms with E-state index in [0.29, 0.717) is 23.8 Å². The van der Waals surface area contributed by atoms with Gasteiger partial charge in [-0.1, -0.05) is 0 Å². The smallest absolute Gasteiger partial charge is 0.253 e. The summed E-state index contributed by atoms with van der Waals surface area (Å²) in [4.78, 5) is 3.86. The molecule has 5 heteroatoms. The van der Waals surface area contributed by atoms with E-state index in [1.807, 2.05) is 6.92 Å². The Bertz CT molecular complexity index is 201. The molecule has 0 saturated carbocycles. The summed E-state index contributed by atoms with van der Waals surface area (Å²) < 4.78 is 10.2. The summed E-state index contributed by atoms with van der Waals surface area (Å²) in [5.41, 5.74) is 0. The molecule has 4 nitrogen and oxygen atoms in total. The average Bonchev–Trinajstić information content (AvgIpc) is 2.31. The Morgan fingerprint density at radius 1 is 1.70 bits per heavy atom. The molecule has 1 aromatic heterocycles. The highest BCUT2D eigenvalue weighted by Gasteiger charge is 2.01. The van der Waals surface area contributed by atoms with Crippen molar-refractivity contribution >= 4 is 15.9 Å². The van der Waals surface area contributed by atoms with Gasteiger partial charge < -0.3 is 9.26 Å². The molecule has 0 fully saturated rings. The maximum atomic E-state index is 5.02. The second-order valence-corrected chi connectivity index (χ2v) is 2.30. The Morgan fingerprint density at radius 3 is 3.00 bits per heavy atom. The Kier molecular flexibility index (Phi) is 2.82. The van der Waals surface area contributed by atoms with Crippen LogP contribution in [0.2, 0.25) is 0 Å². The van der Waals surface area contributed by atoms with Gasteiger partial charge in [0.15, 0.2) is 0 Å². The van der Waals surface area contributed by atoms with E-state index in [1.165, 1.54) is 0 Å². The highest BCUT2D eigenvalue weighted by atomic mass is 79.9. The molecule has 56 valence electrons. The predicted octanol–water partition coefficient (Wildman–Crippen LogP) is 1.37. The van der Waals surface area contributed by atoms with E-state index in [9.17, 15) is 0 Å². The van der Waals surface area contributed by atoms with Crippen LogP contribution in [0.15, 0.2) is 9.26 Å². The van der Waals surface area contributed by atoms with E-state index in [0.717, 1.165) is 0 Å². The monoisotopic (exact) mass is 206 g/mol. The molecular weight excluding hydrogens is 200 g/mol. The fourth-order valence-electron chi connectivity index (χ4n) is 0.482. The standard InChI is InChI=1S/C5H7BrN2O2/c1-2-9-3-4-7-5(6)8-10-4/h2-3H2,1H3. The predicted molar refractivity (Wildman–Crippen MR) is 37.3 cm³/mol. The van der Waals surface area contributed by atoms with Crippen LogP contribution < -0.4 is 0 Å². The van der Waals surface area contributed by atoms with Gasteiger partial charge in [0, 0.05) is 6.61 Å². The third kappa shape index (κ3) is 2.07. The molecule has 0 aliphatic carbocycles. The van der Waals surface area contributed by atoms with E-state index in [4.69, 9.17) is 9.26 Å². The second-order valence-electron chi connectivity index (χ2n) is 1.59. The largest absolute Gasteiger partial charge is 0.372 e. The molecule has 0 atom stereocenters. The molecule has 0 aliphatic rings. The van der Waals surface area contributed by atoms with E-state index < -0.39 is 0 Å². The Hall–Kier alpha value is -0.420. The molecular formula is C5H7BrN2O2. The molecule has 0 aliphatic heterocycles. The van der Waals surface area contributed by atoms with Crippen molar-refractivity contribution in [1.29, 1.82) is 0 Å². The van der Waals surface area contributed by atoms with Gasteiger partial charge in [0.05, 0.1) is 0 Å². The molecule has 0 aromatic carbocycles. The first-order valence-electron chi connectivity index (χ1n) is 2.88. The first-order chi connectivity index (χ1) is 4.83. The Labute approximate surface area is 66.7 Å². The van der Waals surface area contributed by atoms with Crippen molar-refractivity contribution in [3.05, 3.63) is 10.6 Å². The van der Waals surface area contributed by atoms with E-state index in [-0.39, 0.29) is 0 Å². The topological polar surface area (TPSA) is 48.2 Å². The number of rotatable bonds is 3. The molecule has 10 heavy (non-hydrogen) atoms. The summed E-state index contributed by atoms with van der Waals surface area (Å²) in [6.07, 6.45) is 0. The SMILES string of the molecule is CCOCc1nc(Br)no1. The fraction of sp³-hybridized carbons (Fsp3) is 0.600. The van der Waals surface area contributed by atoms with Gasteiger partial charge in [0.2, 0.25) is 4.73 Å². The van der Waals surface area contributed by atoms with Crippen molar-refractivity contribution in [2.75, 3.05) is 6.61 Å². The van der Waals surface area contributed by atoms with Crippen LogP contribution in [0.5, 0.6) is 0 Å². The summed E-state index contributed by atoms with van der Waals surface area (Å²) in [5, 5.41) is 3.52. The molecule has 1 rings (SSSR count). The lowest BCUT2D eigenvalue weighted by Gasteiger charge is -1.91. The van der Waals surface area contributed by atoms with Crippen LogP contribution in [-0.4, -0.2) is 16.7 Å². The summed E-state index contributed by atoms with van der Waals surface area (Å²) in [5.74, 6) is 0.494. The quantitative estimate of drug-likeness (QED) is 0.750. The number of ether oxygens (including phenoxy) is 1. The maximum absolute atomic E-state index is 5.02. The van der Waals surface area contributed by atoms with E-state index in [1.54, 1.807) is 0 Å². The zero-order valence-electron chi connectivity index (χ0n) is 5.50. The summed E-state index contributed by atoms with van der Waals surface area (Å²) in [6, 6.07) is 0. The van der Waals surface area contributed by atoms with Gasteiger partial charge in [0.1, 0.15) is 6.61 Å². The van der Waals surface area contributed by atoms with Gasteiger partial charge in [-0.2, -0.15) is 4.98 Å². The molecule has 0 bridgehead atoms. The maximum Gasteiger partial charge on any atom is 0.253 e. The molecule has 1 heterocycles. The molecule has 1 aromatic rings. The number of aromatic nitrogens is 2. The average molecular weight is 207 g/mol. The number of nitrogens with zero attached hydrogens (tertiary/aromatic N) is 2. The fourth-order valence-corrected chi connectivity index (χ4v) is 0.752. The minimum absolute atomic E-state index is 0.384. The summed E-state index contributed by atoms with van der Waals surface area (Å²) >= 11 is 3.05. The van der Waals surface area contributed by atoms with Crippen molar-refractivity contribution in [2.24, 2.45) is 0 Å². The van der Waals surface area contributed by atoms with Crippen molar-refractivity contribution in [3.8, 4) is 0 Å². The minimum atomic E-state index is 0.384. The lowest BCUT2D eigenvalue weighted by atomic mass is 10.7. The van der Waals surface area contributed by atoms with Gasteiger partial charge in [-0.25, -0.2) is 0 Å². The summed E-state index contributed by atoms with van der Waals surface area (Å²) in [6.45, 7) is 2.94. The van der Waals surface area contributed by atoms with Crippen molar-refractivity contribution < 1.29 is 9.26 Å². The van der Waals surface area contributed by atoms with Gasteiger partial charge >= 0.3 is 0 Å². The first kappa shape index (κ1) is 7.68. The Morgan fingerprint density at radius 2 is 2.50 bits per heavy atom. The van der Waals surface area contributed by atoms with Crippen molar-refractivity contribution in [2.45, 2.75) is 13.5 Å². The minimum Gasteiger partial charge on any atom is -0.372 e. The van der Waals surface area contributed by atoms with E-state index >= 15 is 0 Å².